The monoisotopic (exact) mass is 250 g/mol. The highest BCUT2D eigenvalue weighted by Gasteiger charge is 2.11. The molecule has 96 valence electrons. The summed E-state index contributed by atoms with van der Waals surface area (Å²) in [6, 6.07) is 4.70. The van der Waals surface area contributed by atoms with Crippen molar-refractivity contribution < 1.29 is 13.7 Å². The summed E-state index contributed by atoms with van der Waals surface area (Å²) in [5, 5.41) is 3.77. The second-order valence-electron chi connectivity index (χ2n) is 4.43. The molecule has 2 rings (SSSR count). The van der Waals surface area contributed by atoms with Crippen LogP contribution in [0.25, 0.3) is 0 Å². The van der Waals surface area contributed by atoms with Crippen LogP contribution >= 0.6 is 0 Å². The van der Waals surface area contributed by atoms with Crippen molar-refractivity contribution in [3.63, 3.8) is 0 Å². The van der Waals surface area contributed by atoms with Crippen LogP contribution in [0.3, 0.4) is 0 Å². The van der Waals surface area contributed by atoms with E-state index in [1.807, 2.05) is 20.8 Å². The lowest BCUT2D eigenvalue weighted by Crippen LogP contribution is -2.00. The van der Waals surface area contributed by atoms with Crippen molar-refractivity contribution in [2.75, 3.05) is 0 Å². The molecule has 0 radical (unpaired) electrons. The number of nitrogens with zero attached hydrogens (tertiary/aromatic N) is 2. The first-order chi connectivity index (χ1) is 8.56. The van der Waals surface area contributed by atoms with Gasteiger partial charge in [0.15, 0.2) is 18.2 Å². The fourth-order valence-corrected chi connectivity index (χ4v) is 1.42. The largest absolute Gasteiger partial charge is 0.482 e. The summed E-state index contributed by atoms with van der Waals surface area (Å²) in [4.78, 5) is 4.15. The maximum Gasteiger partial charge on any atom is 0.229 e. The Hall–Kier alpha value is -1.91. The van der Waals surface area contributed by atoms with Crippen molar-refractivity contribution in [3.05, 3.63) is 41.3 Å². The number of halogens is 1. The summed E-state index contributed by atoms with van der Waals surface area (Å²) in [5.41, 5.74) is 0.933. The number of hydrogen-bond acceptors (Lipinski definition) is 4. The third kappa shape index (κ3) is 2.85. The molecular formula is C13H15FN2O2. The van der Waals surface area contributed by atoms with E-state index in [2.05, 4.69) is 10.1 Å². The molecule has 0 aliphatic rings. The van der Waals surface area contributed by atoms with Gasteiger partial charge < -0.3 is 9.26 Å². The van der Waals surface area contributed by atoms with Gasteiger partial charge in [-0.3, -0.25) is 0 Å². The molecule has 0 fully saturated rings. The average molecular weight is 250 g/mol. The van der Waals surface area contributed by atoms with Crippen LogP contribution < -0.4 is 4.74 Å². The Bertz CT molecular complexity index is 538. The number of hydrogen-bond donors (Lipinski definition) is 0. The van der Waals surface area contributed by atoms with Crippen LogP contribution in [-0.4, -0.2) is 10.1 Å². The molecule has 4 nitrogen and oxygen atoms in total. The van der Waals surface area contributed by atoms with E-state index in [1.165, 1.54) is 6.07 Å². The highest BCUT2D eigenvalue weighted by molar-refractivity contribution is 5.29. The van der Waals surface area contributed by atoms with E-state index in [9.17, 15) is 4.39 Å². The minimum absolute atomic E-state index is 0.0938. The summed E-state index contributed by atoms with van der Waals surface area (Å²) in [5.74, 6) is 0.943. The van der Waals surface area contributed by atoms with Gasteiger partial charge in [-0.2, -0.15) is 4.98 Å². The predicted octanol–water partition coefficient (Wildman–Crippen LogP) is 3.22. The highest BCUT2D eigenvalue weighted by Crippen LogP contribution is 2.19. The number of benzene rings is 1. The minimum Gasteiger partial charge on any atom is -0.482 e. The fourth-order valence-electron chi connectivity index (χ4n) is 1.42. The first-order valence-corrected chi connectivity index (χ1v) is 5.77. The predicted molar refractivity (Wildman–Crippen MR) is 63.9 cm³/mol. The number of ether oxygens (including phenoxy) is 1. The molecule has 0 bridgehead atoms. The third-order valence-corrected chi connectivity index (χ3v) is 2.42. The fraction of sp³-hybridized carbons (Fsp3) is 0.385. The third-order valence-electron chi connectivity index (χ3n) is 2.42. The second kappa shape index (κ2) is 5.16. The zero-order valence-corrected chi connectivity index (χ0v) is 10.6. The molecule has 0 aliphatic heterocycles. The quantitative estimate of drug-likeness (QED) is 0.835. The summed E-state index contributed by atoms with van der Waals surface area (Å²) in [6.45, 7) is 5.88. The van der Waals surface area contributed by atoms with Crippen LogP contribution in [0.1, 0.15) is 37.0 Å². The van der Waals surface area contributed by atoms with E-state index in [0.717, 1.165) is 5.56 Å². The van der Waals surface area contributed by atoms with Gasteiger partial charge in [0.05, 0.1) is 0 Å². The number of aromatic nitrogens is 2. The zero-order valence-electron chi connectivity index (χ0n) is 10.6. The summed E-state index contributed by atoms with van der Waals surface area (Å²) in [7, 11) is 0. The molecule has 0 spiro atoms. The first kappa shape index (κ1) is 12.5. The van der Waals surface area contributed by atoms with Crippen molar-refractivity contribution >= 4 is 0 Å². The van der Waals surface area contributed by atoms with Crippen molar-refractivity contribution in [3.8, 4) is 5.75 Å². The average Bonchev–Trinajstić information content (AvgIpc) is 2.79. The van der Waals surface area contributed by atoms with Gasteiger partial charge >= 0.3 is 0 Å². The maximum absolute atomic E-state index is 13.4. The van der Waals surface area contributed by atoms with E-state index in [-0.39, 0.29) is 18.3 Å². The van der Waals surface area contributed by atoms with Crippen LogP contribution in [0, 0.1) is 12.7 Å². The Morgan fingerprint density at radius 2 is 2.17 bits per heavy atom. The molecule has 1 aromatic heterocycles. The molecule has 0 saturated heterocycles. The van der Waals surface area contributed by atoms with E-state index < -0.39 is 5.82 Å². The van der Waals surface area contributed by atoms with Gasteiger partial charge in [-0.05, 0) is 24.6 Å². The second-order valence-corrected chi connectivity index (χ2v) is 4.43. The Labute approximate surface area is 105 Å². The van der Waals surface area contributed by atoms with Gasteiger partial charge in [-0.15, -0.1) is 0 Å². The summed E-state index contributed by atoms with van der Waals surface area (Å²) in [6.07, 6.45) is 0. The molecule has 0 N–H and O–H groups in total. The Morgan fingerprint density at radius 3 is 2.83 bits per heavy atom. The maximum atomic E-state index is 13.4. The lowest BCUT2D eigenvalue weighted by atomic mass is 10.2. The smallest absolute Gasteiger partial charge is 0.229 e. The minimum atomic E-state index is -0.395. The van der Waals surface area contributed by atoms with Gasteiger partial charge in [0.25, 0.3) is 0 Å². The number of aryl methyl sites for hydroxylation is 1. The van der Waals surface area contributed by atoms with E-state index in [0.29, 0.717) is 11.7 Å². The summed E-state index contributed by atoms with van der Waals surface area (Å²) < 4.78 is 23.8. The zero-order chi connectivity index (χ0) is 13.1. The van der Waals surface area contributed by atoms with Crippen LogP contribution in [0.2, 0.25) is 0 Å². The van der Waals surface area contributed by atoms with E-state index in [1.54, 1.807) is 12.1 Å². The van der Waals surface area contributed by atoms with Crippen LogP contribution in [-0.2, 0) is 6.61 Å². The number of rotatable bonds is 4. The van der Waals surface area contributed by atoms with Gasteiger partial charge in [0, 0.05) is 5.92 Å². The molecule has 1 heterocycles. The van der Waals surface area contributed by atoms with Gasteiger partial charge in [-0.1, -0.05) is 25.1 Å². The molecule has 1 aromatic carbocycles. The molecule has 0 atom stereocenters. The lowest BCUT2D eigenvalue weighted by molar-refractivity contribution is 0.272. The summed E-state index contributed by atoms with van der Waals surface area (Å²) >= 11 is 0. The van der Waals surface area contributed by atoms with Gasteiger partial charge in [-0.25, -0.2) is 4.39 Å². The van der Waals surface area contributed by atoms with E-state index in [4.69, 9.17) is 9.26 Å². The van der Waals surface area contributed by atoms with Crippen molar-refractivity contribution in [2.45, 2.75) is 33.3 Å². The van der Waals surface area contributed by atoms with E-state index >= 15 is 0 Å². The van der Waals surface area contributed by atoms with Crippen molar-refractivity contribution in [1.82, 2.24) is 10.1 Å². The molecule has 2 aromatic rings. The van der Waals surface area contributed by atoms with Crippen LogP contribution in [0.4, 0.5) is 4.39 Å². The first-order valence-electron chi connectivity index (χ1n) is 5.77. The SMILES string of the molecule is Cc1ccc(F)c(OCc2noc(C(C)C)n2)c1. The standard InChI is InChI=1S/C13H15FN2O2/c1-8(2)13-15-12(16-18-13)7-17-11-6-9(3)4-5-10(11)14/h4-6,8H,7H2,1-3H3. The van der Waals surface area contributed by atoms with Gasteiger partial charge in [0.1, 0.15) is 0 Å². The highest BCUT2D eigenvalue weighted by atomic mass is 19.1. The van der Waals surface area contributed by atoms with Crippen LogP contribution in [0.5, 0.6) is 5.75 Å². The van der Waals surface area contributed by atoms with Crippen molar-refractivity contribution in [1.29, 1.82) is 0 Å². The topological polar surface area (TPSA) is 48.2 Å². The molecule has 18 heavy (non-hydrogen) atoms. The Morgan fingerprint density at radius 1 is 1.39 bits per heavy atom. The normalized spacial score (nSPS) is 10.9. The van der Waals surface area contributed by atoms with Crippen molar-refractivity contribution in [2.24, 2.45) is 0 Å². The molecule has 5 heteroatoms. The molecule has 0 amide bonds. The lowest BCUT2D eigenvalue weighted by Gasteiger charge is -2.05. The molecule has 0 unspecified atom stereocenters. The Kier molecular flexibility index (Phi) is 3.60. The van der Waals surface area contributed by atoms with Gasteiger partial charge in [0.2, 0.25) is 11.7 Å². The Balaban J connectivity index is 2.04. The molecule has 0 aliphatic carbocycles. The van der Waals surface area contributed by atoms with Crippen LogP contribution in [0.15, 0.2) is 22.7 Å². The molecular weight excluding hydrogens is 235 g/mol. The molecule has 0 saturated carbocycles.